The minimum Gasteiger partial charge on any atom is -0.397 e. The molecule has 0 saturated carbocycles. The first-order chi connectivity index (χ1) is 7.06. The zero-order chi connectivity index (χ0) is 11.0. The number of pyridine rings is 1. The monoisotopic (exact) mass is 268 g/mol. The highest BCUT2D eigenvalue weighted by molar-refractivity contribution is 9.10. The van der Waals surface area contributed by atoms with Gasteiger partial charge < -0.3 is 5.73 Å². The summed E-state index contributed by atoms with van der Waals surface area (Å²) in [6, 6.07) is 1.84. The van der Waals surface area contributed by atoms with Crippen LogP contribution in [0, 0.1) is 5.92 Å². The molecular formula is C10H13BrN4. The molecule has 5 heteroatoms. The van der Waals surface area contributed by atoms with Gasteiger partial charge >= 0.3 is 0 Å². The molecule has 0 atom stereocenters. The average Bonchev–Trinajstić information content (AvgIpc) is 2.45. The number of halogens is 1. The van der Waals surface area contributed by atoms with Crippen LogP contribution >= 0.6 is 15.9 Å². The van der Waals surface area contributed by atoms with Crippen LogP contribution < -0.4 is 5.73 Å². The molecule has 0 unspecified atom stereocenters. The molecule has 0 aliphatic carbocycles. The Labute approximate surface area is 96.6 Å². The summed E-state index contributed by atoms with van der Waals surface area (Å²) in [5, 5.41) is 4.37. The third kappa shape index (κ3) is 2.12. The van der Waals surface area contributed by atoms with E-state index in [2.05, 4.69) is 39.9 Å². The molecule has 80 valence electrons. The quantitative estimate of drug-likeness (QED) is 0.909. The van der Waals surface area contributed by atoms with Crippen LogP contribution in [0.5, 0.6) is 0 Å². The van der Waals surface area contributed by atoms with E-state index in [1.54, 1.807) is 10.7 Å². The Morgan fingerprint density at radius 2 is 2.27 bits per heavy atom. The summed E-state index contributed by atoms with van der Waals surface area (Å²) in [6.07, 6.45) is 2.66. The minimum atomic E-state index is 0.554. The first-order valence-electron chi connectivity index (χ1n) is 4.86. The summed E-state index contributed by atoms with van der Waals surface area (Å²) < 4.78 is 2.60. The van der Waals surface area contributed by atoms with E-state index in [1.165, 1.54) is 0 Å². The molecule has 0 amide bonds. The number of nitrogens with two attached hydrogens (primary N) is 1. The minimum absolute atomic E-state index is 0.554. The number of nitrogen functional groups attached to an aromatic ring is 1. The standard InChI is InChI=1S/C10H13BrN4/c1-6(2)3-9-13-10-8(11)4-7(12)5-15(10)14-9/h4-6H,3,12H2,1-2H3. The van der Waals surface area contributed by atoms with Crippen LogP contribution in [0.1, 0.15) is 19.7 Å². The van der Waals surface area contributed by atoms with Gasteiger partial charge in [0.25, 0.3) is 0 Å². The van der Waals surface area contributed by atoms with Gasteiger partial charge in [0.1, 0.15) is 0 Å². The Bertz CT molecular complexity index is 489. The fourth-order valence-electron chi connectivity index (χ4n) is 1.46. The molecule has 0 spiro atoms. The molecule has 0 fully saturated rings. The van der Waals surface area contributed by atoms with Crippen molar-refractivity contribution in [3.8, 4) is 0 Å². The van der Waals surface area contributed by atoms with Crippen molar-refractivity contribution in [2.75, 3.05) is 5.73 Å². The van der Waals surface area contributed by atoms with Crippen molar-refractivity contribution in [1.82, 2.24) is 14.6 Å². The lowest BCUT2D eigenvalue weighted by Gasteiger charge is -1.96. The smallest absolute Gasteiger partial charge is 0.169 e. The highest BCUT2D eigenvalue weighted by Gasteiger charge is 2.08. The van der Waals surface area contributed by atoms with E-state index in [0.29, 0.717) is 11.6 Å². The number of hydrogen-bond donors (Lipinski definition) is 1. The number of fused-ring (bicyclic) bond motifs is 1. The number of rotatable bonds is 2. The van der Waals surface area contributed by atoms with Crippen LogP contribution in [0.15, 0.2) is 16.7 Å². The van der Waals surface area contributed by atoms with Crippen molar-refractivity contribution in [3.05, 3.63) is 22.6 Å². The topological polar surface area (TPSA) is 56.2 Å². The lowest BCUT2D eigenvalue weighted by atomic mass is 10.1. The predicted octanol–water partition coefficient (Wildman–Crippen LogP) is 2.27. The molecule has 2 aromatic heterocycles. The molecule has 15 heavy (non-hydrogen) atoms. The summed E-state index contributed by atoms with van der Waals surface area (Å²) >= 11 is 3.42. The maximum Gasteiger partial charge on any atom is 0.169 e. The number of anilines is 1. The van der Waals surface area contributed by atoms with Crippen LogP contribution in [0.3, 0.4) is 0 Å². The van der Waals surface area contributed by atoms with E-state index in [0.717, 1.165) is 22.4 Å². The summed E-state index contributed by atoms with van der Waals surface area (Å²) in [4.78, 5) is 4.44. The van der Waals surface area contributed by atoms with Crippen LogP contribution in [-0.4, -0.2) is 14.6 Å². The van der Waals surface area contributed by atoms with Gasteiger partial charge in [0, 0.05) is 6.42 Å². The van der Waals surface area contributed by atoms with Crippen molar-refractivity contribution in [1.29, 1.82) is 0 Å². The first-order valence-corrected chi connectivity index (χ1v) is 5.66. The van der Waals surface area contributed by atoms with Gasteiger partial charge in [-0.25, -0.2) is 9.50 Å². The van der Waals surface area contributed by atoms with Crippen LogP contribution in [-0.2, 0) is 6.42 Å². The molecule has 0 saturated heterocycles. The number of aromatic nitrogens is 3. The van der Waals surface area contributed by atoms with Gasteiger partial charge in [0.2, 0.25) is 0 Å². The van der Waals surface area contributed by atoms with Crippen LogP contribution in [0.4, 0.5) is 5.69 Å². The zero-order valence-electron chi connectivity index (χ0n) is 8.74. The second-order valence-corrected chi connectivity index (χ2v) is 4.87. The van der Waals surface area contributed by atoms with Crippen molar-refractivity contribution in [3.63, 3.8) is 0 Å². The third-order valence-corrected chi connectivity index (χ3v) is 2.63. The molecule has 2 heterocycles. The number of nitrogens with zero attached hydrogens (tertiary/aromatic N) is 3. The van der Waals surface area contributed by atoms with Crippen molar-refractivity contribution >= 4 is 27.3 Å². The summed E-state index contributed by atoms with van der Waals surface area (Å²) in [7, 11) is 0. The van der Waals surface area contributed by atoms with Crippen molar-refractivity contribution in [2.24, 2.45) is 5.92 Å². The second kappa shape index (κ2) is 3.81. The van der Waals surface area contributed by atoms with E-state index in [-0.39, 0.29) is 0 Å². The molecular weight excluding hydrogens is 256 g/mol. The van der Waals surface area contributed by atoms with Gasteiger partial charge in [0.05, 0.1) is 16.4 Å². The van der Waals surface area contributed by atoms with Gasteiger partial charge in [0.15, 0.2) is 11.5 Å². The first kappa shape index (κ1) is 10.4. The Morgan fingerprint density at radius 3 is 2.93 bits per heavy atom. The van der Waals surface area contributed by atoms with Gasteiger partial charge in [-0.3, -0.25) is 0 Å². The average molecular weight is 269 g/mol. The Balaban J connectivity index is 2.50. The fraction of sp³-hybridized carbons (Fsp3) is 0.400. The van der Waals surface area contributed by atoms with Crippen LogP contribution in [0.25, 0.3) is 5.65 Å². The molecule has 0 radical (unpaired) electrons. The lowest BCUT2D eigenvalue weighted by Crippen LogP contribution is -1.97. The summed E-state index contributed by atoms with van der Waals surface area (Å²) in [5.74, 6) is 1.41. The predicted molar refractivity (Wildman–Crippen MR) is 63.6 cm³/mol. The molecule has 0 bridgehead atoms. The van der Waals surface area contributed by atoms with Gasteiger partial charge in [-0.05, 0) is 27.9 Å². The fourth-order valence-corrected chi connectivity index (χ4v) is 2.00. The molecule has 2 aromatic rings. The van der Waals surface area contributed by atoms with Crippen molar-refractivity contribution < 1.29 is 0 Å². The molecule has 0 aromatic carbocycles. The third-order valence-electron chi connectivity index (χ3n) is 2.04. The normalized spacial score (nSPS) is 11.5. The maximum atomic E-state index is 5.72. The Kier molecular flexibility index (Phi) is 2.65. The molecule has 0 aliphatic heterocycles. The van der Waals surface area contributed by atoms with E-state index >= 15 is 0 Å². The summed E-state index contributed by atoms with van der Waals surface area (Å²) in [5.41, 5.74) is 7.21. The molecule has 2 rings (SSSR count). The SMILES string of the molecule is CC(C)Cc1nc2c(Br)cc(N)cn2n1. The Morgan fingerprint density at radius 1 is 1.53 bits per heavy atom. The molecule has 0 aliphatic rings. The van der Waals surface area contributed by atoms with E-state index < -0.39 is 0 Å². The second-order valence-electron chi connectivity index (χ2n) is 4.02. The van der Waals surface area contributed by atoms with Gasteiger partial charge in [-0.2, -0.15) is 5.10 Å². The number of hydrogen-bond acceptors (Lipinski definition) is 3. The molecule has 2 N–H and O–H groups in total. The highest BCUT2D eigenvalue weighted by Crippen LogP contribution is 2.19. The van der Waals surface area contributed by atoms with E-state index in [9.17, 15) is 0 Å². The van der Waals surface area contributed by atoms with Crippen LogP contribution in [0.2, 0.25) is 0 Å². The van der Waals surface area contributed by atoms with Gasteiger partial charge in [-0.15, -0.1) is 0 Å². The van der Waals surface area contributed by atoms with Crippen molar-refractivity contribution in [2.45, 2.75) is 20.3 Å². The molecule has 4 nitrogen and oxygen atoms in total. The largest absolute Gasteiger partial charge is 0.397 e. The van der Waals surface area contributed by atoms with Gasteiger partial charge in [-0.1, -0.05) is 13.8 Å². The summed E-state index contributed by atoms with van der Waals surface area (Å²) in [6.45, 7) is 4.30. The maximum absolute atomic E-state index is 5.72. The zero-order valence-corrected chi connectivity index (χ0v) is 10.3. The Hall–Kier alpha value is -1.10. The lowest BCUT2D eigenvalue weighted by molar-refractivity contribution is 0.620. The van der Waals surface area contributed by atoms with E-state index in [4.69, 9.17) is 5.73 Å². The van der Waals surface area contributed by atoms with E-state index in [1.807, 2.05) is 6.07 Å². The highest BCUT2D eigenvalue weighted by atomic mass is 79.9.